The Bertz CT molecular complexity index is 429. The van der Waals surface area contributed by atoms with Gasteiger partial charge in [0.25, 0.3) is 5.69 Å². The maximum atomic E-state index is 10.8. The zero-order chi connectivity index (χ0) is 11.8. The summed E-state index contributed by atoms with van der Waals surface area (Å²) in [6.45, 7) is 0. The highest BCUT2D eigenvalue weighted by molar-refractivity contribution is 6.30. The van der Waals surface area contributed by atoms with Crippen LogP contribution in [0.2, 0.25) is 5.02 Å². The molecule has 0 aliphatic heterocycles. The van der Waals surface area contributed by atoms with E-state index in [1.54, 1.807) is 6.07 Å². The monoisotopic (exact) mass is 241 g/mol. The van der Waals surface area contributed by atoms with E-state index >= 15 is 0 Å². The summed E-state index contributed by atoms with van der Waals surface area (Å²) in [6, 6.07) is 4.52. The predicted octanol–water partition coefficient (Wildman–Crippen LogP) is 2.71. The highest BCUT2D eigenvalue weighted by Gasteiger charge is 2.39. The first-order chi connectivity index (χ1) is 7.50. The van der Waals surface area contributed by atoms with Crippen molar-refractivity contribution in [1.82, 2.24) is 0 Å². The fourth-order valence-electron chi connectivity index (χ4n) is 1.69. The summed E-state index contributed by atoms with van der Waals surface area (Å²) in [4.78, 5) is 10.4. The van der Waals surface area contributed by atoms with Crippen LogP contribution in [0, 0.1) is 10.1 Å². The second-order valence-corrected chi connectivity index (χ2v) is 4.69. The van der Waals surface area contributed by atoms with Gasteiger partial charge in [-0.1, -0.05) is 11.6 Å². The number of hydrogen-bond donors (Lipinski definition) is 1. The standard InChI is InChI=1S/C11H12ClNO3/c12-9-1-2-10(13(15)16)8(7-9)3-4-11(14)5-6-11/h1-2,7,14H,3-6H2. The molecule has 4 nitrogen and oxygen atoms in total. The summed E-state index contributed by atoms with van der Waals surface area (Å²) in [5, 5.41) is 20.9. The second-order valence-electron chi connectivity index (χ2n) is 4.25. The lowest BCUT2D eigenvalue weighted by molar-refractivity contribution is -0.385. The predicted molar refractivity (Wildman–Crippen MR) is 60.6 cm³/mol. The maximum absolute atomic E-state index is 10.8. The lowest BCUT2D eigenvalue weighted by atomic mass is 10.0. The Morgan fingerprint density at radius 1 is 1.50 bits per heavy atom. The van der Waals surface area contributed by atoms with E-state index in [0.29, 0.717) is 23.4 Å². The van der Waals surface area contributed by atoms with Crippen LogP contribution in [0.15, 0.2) is 18.2 Å². The molecule has 0 bridgehead atoms. The van der Waals surface area contributed by atoms with Crippen molar-refractivity contribution in [1.29, 1.82) is 0 Å². The van der Waals surface area contributed by atoms with Crippen LogP contribution in [0.1, 0.15) is 24.8 Å². The zero-order valence-electron chi connectivity index (χ0n) is 8.65. The number of aryl methyl sites for hydroxylation is 1. The molecule has 1 aliphatic rings. The Kier molecular flexibility index (Phi) is 2.86. The molecule has 0 saturated heterocycles. The first kappa shape index (κ1) is 11.4. The van der Waals surface area contributed by atoms with Crippen LogP contribution in [0.5, 0.6) is 0 Å². The van der Waals surface area contributed by atoms with Gasteiger partial charge in [0.05, 0.1) is 10.5 Å². The van der Waals surface area contributed by atoms with E-state index in [0.717, 1.165) is 12.8 Å². The van der Waals surface area contributed by atoms with E-state index in [-0.39, 0.29) is 5.69 Å². The fourth-order valence-corrected chi connectivity index (χ4v) is 1.89. The number of aliphatic hydroxyl groups is 1. The molecule has 1 aliphatic carbocycles. The van der Waals surface area contributed by atoms with Crippen molar-refractivity contribution < 1.29 is 10.0 Å². The molecule has 1 aromatic carbocycles. The third kappa shape index (κ3) is 2.51. The van der Waals surface area contributed by atoms with Crippen molar-refractivity contribution in [3.8, 4) is 0 Å². The first-order valence-electron chi connectivity index (χ1n) is 5.15. The van der Waals surface area contributed by atoms with Crippen LogP contribution in [0.4, 0.5) is 5.69 Å². The Morgan fingerprint density at radius 2 is 2.19 bits per heavy atom. The van der Waals surface area contributed by atoms with Crippen molar-refractivity contribution >= 4 is 17.3 Å². The van der Waals surface area contributed by atoms with Crippen LogP contribution in [-0.4, -0.2) is 15.6 Å². The molecule has 5 heteroatoms. The normalized spacial score (nSPS) is 17.1. The molecule has 0 aromatic heterocycles. The topological polar surface area (TPSA) is 63.4 Å². The van der Waals surface area contributed by atoms with Crippen molar-refractivity contribution in [2.24, 2.45) is 0 Å². The Hall–Kier alpha value is -1.13. The smallest absolute Gasteiger partial charge is 0.272 e. The minimum atomic E-state index is -0.587. The molecular formula is C11H12ClNO3. The van der Waals surface area contributed by atoms with E-state index in [1.165, 1.54) is 12.1 Å². The number of hydrogen-bond acceptors (Lipinski definition) is 3. The van der Waals surface area contributed by atoms with E-state index in [2.05, 4.69) is 0 Å². The SMILES string of the molecule is O=[N+]([O-])c1ccc(Cl)cc1CCC1(O)CC1. The van der Waals surface area contributed by atoms with E-state index in [9.17, 15) is 15.2 Å². The lowest BCUT2D eigenvalue weighted by Gasteiger charge is -2.07. The van der Waals surface area contributed by atoms with Gasteiger partial charge < -0.3 is 5.11 Å². The van der Waals surface area contributed by atoms with Crippen molar-refractivity contribution in [3.05, 3.63) is 38.9 Å². The molecule has 86 valence electrons. The van der Waals surface area contributed by atoms with Gasteiger partial charge in [0, 0.05) is 16.7 Å². The van der Waals surface area contributed by atoms with Gasteiger partial charge >= 0.3 is 0 Å². The number of nitro benzene ring substituents is 1. The molecule has 1 N–H and O–H groups in total. The van der Waals surface area contributed by atoms with Gasteiger partial charge in [0.1, 0.15) is 0 Å². The van der Waals surface area contributed by atoms with E-state index < -0.39 is 10.5 Å². The molecule has 2 rings (SSSR count). The Labute approximate surface area is 98.0 Å². The van der Waals surface area contributed by atoms with Gasteiger partial charge in [-0.3, -0.25) is 10.1 Å². The van der Waals surface area contributed by atoms with Gasteiger partial charge in [-0.2, -0.15) is 0 Å². The summed E-state index contributed by atoms with van der Waals surface area (Å²) in [5.41, 5.74) is 0.0855. The molecule has 0 unspecified atom stereocenters. The van der Waals surface area contributed by atoms with Gasteiger partial charge in [0.2, 0.25) is 0 Å². The van der Waals surface area contributed by atoms with Crippen LogP contribution in [0.3, 0.4) is 0 Å². The number of benzene rings is 1. The molecule has 0 heterocycles. The fraction of sp³-hybridized carbons (Fsp3) is 0.455. The summed E-state index contributed by atoms with van der Waals surface area (Å²) in [5.74, 6) is 0. The second kappa shape index (κ2) is 4.03. The summed E-state index contributed by atoms with van der Waals surface area (Å²) < 4.78 is 0. The molecule has 0 radical (unpaired) electrons. The number of rotatable bonds is 4. The number of nitrogens with zero attached hydrogens (tertiary/aromatic N) is 1. The van der Waals surface area contributed by atoms with Crippen LogP contribution in [0.25, 0.3) is 0 Å². The average molecular weight is 242 g/mol. The van der Waals surface area contributed by atoms with E-state index in [1.807, 2.05) is 0 Å². The highest BCUT2D eigenvalue weighted by atomic mass is 35.5. The number of halogens is 1. The average Bonchev–Trinajstić information content (AvgIpc) is 2.94. The first-order valence-corrected chi connectivity index (χ1v) is 5.53. The minimum Gasteiger partial charge on any atom is -0.390 e. The van der Waals surface area contributed by atoms with Gasteiger partial charge in [-0.15, -0.1) is 0 Å². The van der Waals surface area contributed by atoms with Gasteiger partial charge in [-0.25, -0.2) is 0 Å². The van der Waals surface area contributed by atoms with Crippen LogP contribution < -0.4 is 0 Å². The van der Waals surface area contributed by atoms with Crippen LogP contribution in [-0.2, 0) is 6.42 Å². The maximum Gasteiger partial charge on any atom is 0.272 e. The van der Waals surface area contributed by atoms with E-state index in [4.69, 9.17) is 11.6 Å². The zero-order valence-corrected chi connectivity index (χ0v) is 9.41. The third-order valence-corrected chi connectivity index (χ3v) is 3.16. The third-order valence-electron chi connectivity index (χ3n) is 2.93. The van der Waals surface area contributed by atoms with Crippen LogP contribution >= 0.6 is 11.6 Å². The molecule has 1 saturated carbocycles. The largest absolute Gasteiger partial charge is 0.390 e. The molecule has 16 heavy (non-hydrogen) atoms. The molecule has 1 fully saturated rings. The highest BCUT2D eigenvalue weighted by Crippen LogP contribution is 2.40. The quantitative estimate of drug-likeness (QED) is 0.651. The van der Waals surface area contributed by atoms with Crippen molar-refractivity contribution in [3.63, 3.8) is 0 Å². The van der Waals surface area contributed by atoms with Gasteiger partial charge in [0.15, 0.2) is 0 Å². The van der Waals surface area contributed by atoms with Gasteiger partial charge in [-0.05, 0) is 37.8 Å². The number of nitro groups is 1. The molecule has 0 amide bonds. The summed E-state index contributed by atoms with van der Waals surface area (Å²) >= 11 is 5.80. The molecule has 0 atom stereocenters. The molecular weight excluding hydrogens is 230 g/mol. The lowest BCUT2D eigenvalue weighted by Crippen LogP contribution is -2.08. The summed E-state index contributed by atoms with van der Waals surface area (Å²) in [7, 11) is 0. The Balaban J connectivity index is 2.16. The molecule has 1 aromatic rings. The Morgan fingerprint density at radius 3 is 2.75 bits per heavy atom. The molecule has 0 spiro atoms. The van der Waals surface area contributed by atoms with Crippen molar-refractivity contribution in [2.75, 3.05) is 0 Å². The van der Waals surface area contributed by atoms with Crippen molar-refractivity contribution in [2.45, 2.75) is 31.3 Å². The summed E-state index contributed by atoms with van der Waals surface area (Å²) in [6.07, 6.45) is 2.64. The minimum absolute atomic E-state index is 0.0775.